The summed E-state index contributed by atoms with van der Waals surface area (Å²) in [7, 11) is 0. The summed E-state index contributed by atoms with van der Waals surface area (Å²) in [4.78, 5) is 0. The van der Waals surface area contributed by atoms with E-state index in [9.17, 15) is 0 Å². The molecule has 0 spiro atoms. The Kier molecular flexibility index (Phi) is 6.75. The summed E-state index contributed by atoms with van der Waals surface area (Å²) in [5.74, 6) is 0.680. The van der Waals surface area contributed by atoms with Gasteiger partial charge in [0.1, 0.15) is 0 Å². The Morgan fingerprint density at radius 2 is 1.88 bits per heavy atom. The molecule has 0 aromatic heterocycles. The van der Waals surface area contributed by atoms with E-state index in [-0.39, 0.29) is 5.60 Å². The first-order valence-corrected chi connectivity index (χ1v) is 9.81. The fourth-order valence-electron chi connectivity index (χ4n) is 4.01. The molecular formula is C21H34ClNO. The van der Waals surface area contributed by atoms with Crippen molar-refractivity contribution in [1.29, 1.82) is 0 Å². The van der Waals surface area contributed by atoms with E-state index in [1.165, 1.54) is 24.8 Å². The summed E-state index contributed by atoms with van der Waals surface area (Å²) in [5.41, 5.74) is 1.73. The third-order valence-corrected chi connectivity index (χ3v) is 6.44. The van der Waals surface area contributed by atoms with E-state index in [2.05, 4.69) is 52.1 Å². The Labute approximate surface area is 153 Å². The molecule has 1 aliphatic heterocycles. The molecule has 0 bridgehead atoms. The number of benzene rings is 1. The highest BCUT2D eigenvalue weighted by molar-refractivity contribution is 6.30. The van der Waals surface area contributed by atoms with Crippen molar-refractivity contribution in [2.24, 2.45) is 11.3 Å². The van der Waals surface area contributed by atoms with Gasteiger partial charge in [-0.05, 0) is 75.1 Å². The number of nitrogens with one attached hydrogen (secondary N) is 1. The minimum absolute atomic E-state index is 0.0459. The summed E-state index contributed by atoms with van der Waals surface area (Å²) in [5, 5.41) is 4.50. The van der Waals surface area contributed by atoms with Gasteiger partial charge in [-0.2, -0.15) is 0 Å². The third-order valence-electron chi connectivity index (χ3n) is 6.19. The quantitative estimate of drug-likeness (QED) is 0.650. The Morgan fingerprint density at radius 1 is 1.21 bits per heavy atom. The molecule has 1 heterocycles. The lowest BCUT2D eigenvalue weighted by Gasteiger charge is -2.49. The van der Waals surface area contributed by atoms with Gasteiger partial charge in [-0.25, -0.2) is 0 Å². The van der Waals surface area contributed by atoms with Crippen LogP contribution in [0.15, 0.2) is 24.3 Å². The van der Waals surface area contributed by atoms with E-state index in [0.717, 1.165) is 24.6 Å². The fourth-order valence-corrected chi connectivity index (χ4v) is 4.14. The molecule has 136 valence electrons. The average molecular weight is 352 g/mol. The van der Waals surface area contributed by atoms with E-state index >= 15 is 0 Å². The predicted molar refractivity (Wildman–Crippen MR) is 104 cm³/mol. The SMILES string of the molecule is CC[C@@]1(C)C[C@](CCN[C@@H](C)c2ccc(Cl)cc2)(C(C)C)CCO1. The molecule has 3 heteroatoms. The molecule has 0 saturated carbocycles. The fraction of sp³-hybridized carbons (Fsp3) is 0.714. The Balaban J connectivity index is 1.95. The van der Waals surface area contributed by atoms with Gasteiger partial charge < -0.3 is 10.1 Å². The van der Waals surface area contributed by atoms with Crippen LogP contribution in [-0.4, -0.2) is 18.8 Å². The third kappa shape index (κ3) is 4.74. The smallest absolute Gasteiger partial charge is 0.0657 e. The first kappa shape index (κ1) is 19.8. The summed E-state index contributed by atoms with van der Waals surface area (Å²) in [6.45, 7) is 13.5. The van der Waals surface area contributed by atoms with E-state index in [4.69, 9.17) is 16.3 Å². The van der Waals surface area contributed by atoms with E-state index < -0.39 is 0 Å². The largest absolute Gasteiger partial charge is 0.375 e. The predicted octanol–water partition coefficient (Wildman–Crippen LogP) is 6.00. The summed E-state index contributed by atoms with van der Waals surface area (Å²) in [6.07, 6.45) is 4.65. The molecule has 0 radical (unpaired) electrons. The molecule has 1 aliphatic rings. The Morgan fingerprint density at radius 3 is 2.46 bits per heavy atom. The number of hydrogen-bond donors (Lipinski definition) is 1. The van der Waals surface area contributed by atoms with E-state index in [1.807, 2.05) is 12.1 Å². The van der Waals surface area contributed by atoms with Crippen LogP contribution >= 0.6 is 11.6 Å². The van der Waals surface area contributed by atoms with Crippen molar-refractivity contribution in [2.45, 2.75) is 71.9 Å². The second-order valence-corrected chi connectivity index (χ2v) is 8.51. The van der Waals surface area contributed by atoms with Gasteiger partial charge in [-0.15, -0.1) is 0 Å². The lowest BCUT2D eigenvalue weighted by atomic mass is 9.64. The van der Waals surface area contributed by atoms with Crippen molar-refractivity contribution in [2.75, 3.05) is 13.2 Å². The van der Waals surface area contributed by atoms with Crippen LogP contribution in [0.3, 0.4) is 0 Å². The lowest BCUT2D eigenvalue weighted by molar-refractivity contribution is -0.132. The molecule has 0 aliphatic carbocycles. The maximum Gasteiger partial charge on any atom is 0.0657 e. The number of hydrogen-bond acceptors (Lipinski definition) is 2. The van der Waals surface area contributed by atoms with Crippen LogP contribution in [0.25, 0.3) is 0 Å². The highest BCUT2D eigenvalue weighted by Gasteiger charge is 2.43. The number of rotatable bonds is 7. The molecule has 1 fully saturated rings. The summed E-state index contributed by atoms with van der Waals surface area (Å²) in [6, 6.07) is 8.51. The maximum atomic E-state index is 6.10. The number of ether oxygens (including phenoxy) is 1. The summed E-state index contributed by atoms with van der Waals surface area (Å²) < 4.78 is 6.10. The standard InChI is InChI=1S/C21H34ClNO/c1-6-20(5)15-21(16(2)3,12-14-24-20)11-13-23-17(4)18-7-9-19(22)10-8-18/h7-10,16-17,23H,6,11-15H2,1-5H3/t17-,20-,21+/m0/s1. The Hall–Kier alpha value is -0.570. The van der Waals surface area contributed by atoms with Crippen molar-refractivity contribution < 1.29 is 4.74 Å². The molecule has 1 N–H and O–H groups in total. The van der Waals surface area contributed by atoms with Crippen molar-refractivity contribution in [3.63, 3.8) is 0 Å². The van der Waals surface area contributed by atoms with Crippen LogP contribution in [0, 0.1) is 11.3 Å². The molecule has 1 aromatic carbocycles. The monoisotopic (exact) mass is 351 g/mol. The zero-order valence-corrected chi connectivity index (χ0v) is 16.7. The van der Waals surface area contributed by atoms with Crippen molar-refractivity contribution in [3.05, 3.63) is 34.9 Å². The second kappa shape index (κ2) is 8.21. The van der Waals surface area contributed by atoms with Crippen LogP contribution in [0.1, 0.15) is 71.9 Å². The Bertz CT molecular complexity index is 515. The highest BCUT2D eigenvalue weighted by Crippen LogP contribution is 2.47. The van der Waals surface area contributed by atoms with Gasteiger partial charge in [0.05, 0.1) is 5.60 Å². The van der Waals surface area contributed by atoms with Gasteiger partial charge in [-0.1, -0.05) is 44.5 Å². The zero-order chi connectivity index (χ0) is 17.8. The van der Waals surface area contributed by atoms with Crippen LogP contribution < -0.4 is 5.32 Å². The van der Waals surface area contributed by atoms with Crippen LogP contribution in [0.2, 0.25) is 5.02 Å². The van der Waals surface area contributed by atoms with Gasteiger partial charge in [0.25, 0.3) is 0 Å². The molecule has 0 amide bonds. The normalized spacial score (nSPS) is 29.0. The second-order valence-electron chi connectivity index (χ2n) is 8.07. The topological polar surface area (TPSA) is 21.3 Å². The lowest BCUT2D eigenvalue weighted by Crippen LogP contribution is -2.46. The minimum Gasteiger partial charge on any atom is -0.375 e. The number of halogens is 1. The summed E-state index contributed by atoms with van der Waals surface area (Å²) >= 11 is 5.98. The maximum absolute atomic E-state index is 6.10. The average Bonchev–Trinajstić information content (AvgIpc) is 2.55. The van der Waals surface area contributed by atoms with Gasteiger partial charge in [0, 0.05) is 17.7 Å². The molecular weight excluding hydrogens is 318 g/mol. The molecule has 1 saturated heterocycles. The van der Waals surface area contributed by atoms with Gasteiger partial charge in [-0.3, -0.25) is 0 Å². The molecule has 2 rings (SSSR count). The minimum atomic E-state index is 0.0459. The molecule has 1 aromatic rings. The van der Waals surface area contributed by atoms with E-state index in [1.54, 1.807) is 0 Å². The van der Waals surface area contributed by atoms with Gasteiger partial charge in [0.2, 0.25) is 0 Å². The molecule has 24 heavy (non-hydrogen) atoms. The molecule has 2 nitrogen and oxygen atoms in total. The van der Waals surface area contributed by atoms with Crippen LogP contribution in [-0.2, 0) is 4.74 Å². The zero-order valence-electron chi connectivity index (χ0n) is 16.0. The van der Waals surface area contributed by atoms with Gasteiger partial charge in [0.15, 0.2) is 0 Å². The van der Waals surface area contributed by atoms with Crippen molar-refractivity contribution >= 4 is 11.6 Å². The van der Waals surface area contributed by atoms with Crippen molar-refractivity contribution in [1.82, 2.24) is 5.32 Å². The van der Waals surface area contributed by atoms with Crippen LogP contribution in [0.4, 0.5) is 0 Å². The van der Waals surface area contributed by atoms with Crippen molar-refractivity contribution in [3.8, 4) is 0 Å². The molecule has 0 unspecified atom stereocenters. The first-order valence-electron chi connectivity index (χ1n) is 9.43. The first-order chi connectivity index (χ1) is 11.3. The van der Waals surface area contributed by atoms with E-state index in [0.29, 0.717) is 17.4 Å². The highest BCUT2D eigenvalue weighted by atomic mass is 35.5. The molecule has 3 atom stereocenters. The van der Waals surface area contributed by atoms with Crippen LogP contribution in [0.5, 0.6) is 0 Å². The van der Waals surface area contributed by atoms with Gasteiger partial charge >= 0.3 is 0 Å².